The Morgan fingerprint density at radius 1 is 1.17 bits per heavy atom. The summed E-state index contributed by atoms with van der Waals surface area (Å²) >= 11 is 0. The van der Waals surface area contributed by atoms with Crippen molar-refractivity contribution >= 4 is 29.9 Å². The molecule has 1 fully saturated rings. The number of aliphatic imine (C=N–C) groups is 1. The van der Waals surface area contributed by atoms with Crippen LogP contribution in [-0.4, -0.2) is 32.3 Å². The number of nitrogens with one attached hydrogen (secondary N) is 2. The van der Waals surface area contributed by atoms with Crippen molar-refractivity contribution in [3.05, 3.63) is 35.4 Å². The fraction of sp³-hybridized carbons (Fsp3) is 0.632. The van der Waals surface area contributed by atoms with Gasteiger partial charge in [-0.05, 0) is 49.7 Å². The maximum atomic E-state index is 5.66. The van der Waals surface area contributed by atoms with Gasteiger partial charge in [0, 0.05) is 26.3 Å². The molecule has 1 aromatic carbocycles. The highest BCUT2D eigenvalue weighted by Gasteiger charge is 2.20. The van der Waals surface area contributed by atoms with Crippen LogP contribution < -0.4 is 10.6 Å². The number of hydrogen-bond acceptors (Lipinski definition) is 2. The molecule has 5 heteroatoms. The van der Waals surface area contributed by atoms with Crippen molar-refractivity contribution in [1.82, 2.24) is 10.6 Å². The van der Waals surface area contributed by atoms with E-state index in [9.17, 15) is 0 Å². The fourth-order valence-electron chi connectivity index (χ4n) is 2.48. The van der Waals surface area contributed by atoms with E-state index in [4.69, 9.17) is 9.73 Å². The lowest BCUT2D eigenvalue weighted by Gasteiger charge is -2.12. The molecule has 0 heterocycles. The summed E-state index contributed by atoms with van der Waals surface area (Å²) < 4.78 is 5.66. The Hall–Kier alpha value is -0.820. The van der Waals surface area contributed by atoms with Gasteiger partial charge in [0.25, 0.3) is 0 Å². The fourth-order valence-corrected chi connectivity index (χ4v) is 2.48. The van der Waals surface area contributed by atoms with Gasteiger partial charge >= 0.3 is 0 Å². The van der Waals surface area contributed by atoms with Crippen molar-refractivity contribution in [2.24, 2.45) is 10.9 Å². The molecule has 2 rings (SSSR count). The third-order valence-corrected chi connectivity index (χ3v) is 4.06. The van der Waals surface area contributed by atoms with E-state index in [1.54, 1.807) is 0 Å². The first-order chi connectivity index (χ1) is 11.3. The minimum atomic E-state index is 0. The Bertz CT molecular complexity index is 489. The Balaban J connectivity index is 0.00000288. The van der Waals surface area contributed by atoms with E-state index >= 15 is 0 Å². The molecule has 0 unspecified atom stereocenters. The molecule has 1 saturated carbocycles. The average molecular weight is 445 g/mol. The average Bonchev–Trinajstić information content (AvgIpc) is 3.40. The van der Waals surface area contributed by atoms with Crippen LogP contribution in [0, 0.1) is 5.92 Å². The Labute approximate surface area is 163 Å². The van der Waals surface area contributed by atoms with Crippen molar-refractivity contribution < 1.29 is 4.74 Å². The first-order valence-electron chi connectivity index (χ1n) is 9.00. The molecule has 0 atom stereocenters. The van der Waals surface area contributed by atoms with Gasteiger partial charge in [0.05, 0.1) is 6.54 Å². The normalized spacial score (nSPS) is 14.2. The predicted octanol–water partition coefficient (Wildman–Crippen LogP) is 3.74. The van der Waals surface area contributed by atoms with Gasteiger partial charge in [-0.2, -0.15) is 0 Å². The number of aryl methyl sites for hydroxylation is 1. The van der Waals surface area contributed by atoms with Crippen molar-refractivity contribution in [1.29, 1.82) is 0 Å². The number of rotatable bonds is 10. The molecule has 1 aromatic rings. The smallest absolute Gasteiger partial charge is 0.191 e. The number of guanidine groups is 1. The van der Waals surface area contributed by atoms with Crippen molar-refractivity contribution in [2.75, 3.05) is 26.3 Å². The zero-order chi connectivity index (χ0) is 16.3. The number of benzene rings is 1. The van der Waals surface area contributed by atoms with E-state index in [1.165, 1.54) is 24.0 Å². The van der Waals surface area contributed by atoms with Crippen molar-refractivity contribution in [2.45, 2.75) is 46.1 Å². The van der Waals surface area contributed by atoms with Gasteiger partial charge in [-0.3, -0.25) is 0 Å². The van der Waals surface area contributed by atoms with Crippen LogP contribution in [0.2, 0.25) is 0 Å². The van der Waals surface area contributed by atoms with Crippen molar-refractivity contribution in [3.63, 3.8) is 0 Å². The quantitative estimate of drug-likeness (QED) is 0.250. The van der Waals surface area contributed by atoms with Crippen LogP contribution in [0.4, 0.5) is 0 Å². The lowest BCUT2D eigenvalue weighted by molar-refractivity contribution is 0.123. The molecule has 0 spiro atoms. The van der Waals surface area contributed by atoms with Gasteiger partial charge in [0.1, 0.15) is 0 Å². The van der Waals surface area contributed by atoms with Crippen LogP contribution in [0.25, 0.3) is 0 Å². The second kappa shape index (κ2) is 12.5. The number of halogens is 1. The summed E-state index contributed by atoms with van der Waals surface area (Å²) in [5.41, 5.74) is 2.68. The summed E-state index contributed by atoms with van der Waals surface area (Å²) in [4.78, 5) is 4.70. The predicted molar refractivity (Wildman–Crippen MR) is 112 cm³/mol. The van der Waals surface area contributed by atoms with E-state index in [0.29, 0.717) is 0 Å². The highest BCUT2D eigenvalue weighted by molar-refractivity contribution is 14.0. The van der Waals surface area contributed by atoms with Gasteiger partial charge < -0.3 is 15.4 Å². The van der Waals surface area contributed by atoms with Crippen LogP contribution in [0.5, 0.6) is 0 Å². The molecule has 1 aliphatic carbocycles. The van der Waals surface area contributed by atoms with E-state index in [0.717, 1.165) is 57.6 Å². The molecule has 0 aromatic heterocycles. The van der Waals surface area contributed by atoms with E-state index in [1.807, 2.05) is 0 Å². The summed E-state index contributed by atoms with van der Waals surface area (Å²) in [5, 5.41) is 6.70. The van der Waals surface area contributed by atoms with E-state index in [2.05, 4.69) is 48.7 Å². The standard InChI is InChI=1S/C19H31N3O.HI/c1-3-17-8-5-6-9-18(17)14-22-19(20-4-2)21-12-7-13-23-15-16-10-11-16;/h5-6,8-9,16H,3-4,7,10-15H2,1-2H3,(H2,20,21,22);1H. The molecule has 24 heavy (non-hydrogen) atoms. The minimum absolute atomic E-state index is 0. The summed E-state index contributed by atoms with van der Waals surface area (Å²) in [6.45, 7) is 8.55. The Morgan fingerprint density at radius 2 is 1.92 bits per heavy atom. The Kier molecular flexibility index (Phi) is 11.1. The van der Waals surface area contributed by atoms with Crippen LogP contribution in [0.1, 0.15) is 44.2 Å². The highest BCUT2D eigenvalue weighted by atomic mass is 127. The summed E-state index contributed by atoms with van der Waals surface area (Å²) in [6, 6.07) is 8.53. The number of hydrogen-bond donors (Lipinski definition) is 2. The van der Waals surface area contributed by atoms with Gasteiger partial charge in [-0.1, -0.05) is 31.2 Å². The zero-order valence-corrected chi connectivity index (χ0v) is 17.3. The molecule has 0 amide bonds. The lowest BCUT2D eigenvalue weighted by atomic mass is 10.1. The summed E-state index contributed by atoms with van der Waals surface area (Å²) in [7, 11) is 0. The second-order valence-corrected chi connectivity index (χ2v) is 6.12. The van der Waals surface area contributed by atoms with Crippen LogP contribution in [0.15, 0.2) is 29.3 Å². The number of nitrogens with zero attached hydrogens (tertiary/aromatic N) is 1. The first-order valence-corrected chi connectivity index (χ1v) is 9.00. The molecule has 0 radical (unpaired) electrons. The summed E-state index contributed by atoms with van der Waals surface area (Å²) in [5.74, 6) is 1.74. The van der Waals surface area contributed by atoms with Gasteiger partial charge in [-0.25, -0.2) is 4.99 Å². The molecule has 0 saturated heterocycles. The maximum absolute atomic E-state index is 5.66. The third kappa shape index (κ3) is 8.33. The molecule has 136 valence electrons. The molecule has 2 N–H and O–H groups in total. The molecular weight excluding hydrogens is 413 g/mol. The monoisotopic (exact) mass is 445 g/mol. The maximum Gasteiger partial charge on any atom is 0.191 e. The van der Waals surface area contributed by atoms with Crippen molar-refractivity contribution in [3.8, 4) is 0 Å². The van der Waals surface area contributed by atoms with Gasteiger partial charge in [0.15, 0.2) is 5.96 Å². The molecule has 0 aliphatic heterocycles. The second-order valence-electron chi connectivity index (χ2n) is 6.12. The molecule has 1 aliphatic rings. The minimum Gasteiger partial charge on any atom is -0.381 e. The topological polar surface area (TPSA) is 45.7 Å². The zero-order valence-electron chi connectivity index (χ0n) is 15.0. The van der Waals surface area contributed by atoms with Crippen LogP contribution >= 0.6 is 24.0 Å². The van der Waals surface area contributed by atoms with Gasteiger partial charge in [0.2, 0.25) is 0 Å². The molecular formula is C19H32IN3O. The van der Waals surface area contributed by atoms with Crippen LogP contribution in [-0.2, 0) is 17.7 Å². The van der Waals surface area contributed by atoms with E-state index < -0.39 is 0 Å². The number of ether oxygens (including phenoxy) is 1. The third-order valence-electron chi connectivity index (χ3n) is 4.06. The molecule has 4 nitrogen and oxygen atoms in total. The Morgan fingerprint density at radius 3 is 2.58 bits per heavy atom. The lowest BCUT2D eigenvalue weighted by Crippen LogP contribution is -2.38. The highest BCUT2D eigenvalue weighted by Crippen LogP contribution is 2.28. The molecule has 0 bridgehead atoms. The largest absolute Gasteiger partial charge is 0.381 e. The van der Waals surface area contributed by atoms with Gasteiger partial charge in [-0.15, -0.1) is 24.0 Å². The first kappa shape index (κ1) is 21.2. The van der Waals surface area contributed by atoms with Crippen LogP contribution in [0.3, 0.4) is 0 Å². The SMILES string of the molecule is CCNC(=NCc1ccccc1CC)NCCCOCC1CC1.I. The summed E-state index contributed by atoms with van der Waals surface area (Å²) in [6.07, 6.45) is 4.78. The van der Waals surface area contributed by atoms with E-state index in [-0.39, 0.29) is 24.0 Å².